The van der Waals surface area contributed by atoms with E-state index in [9.17, 15) is 8.78 Å². The van der Waals surface area contributed by atoms with E-state index in [0.29, 0.717) is 5.69 Å². The van der Waals surface area contributed by atoms with E-state index < -0.39 is 6.43 Å². The van der Waals surface area contributed by atoms with Crippen molar-refractivity contribution in [2.75, 3.05) is 12.4 Å². The van der Waals surface area contributed by atoms with Gasteiger partial charge in [0, 0.05) is 25.9 Å². The quantitative estimate of drug-likeness (QED) is 0.910. The molecule has 2 heterocycles. The minimum absolute atomic E-state index is 0.172. The van der Waals surface area contributed by atoms with Crippen molar-refractivity contribution in [1.29, 1.82) is 0 Å². The van der Waals surface area contributed by atoms with Gasteiger partial charge in [0.05, 0.1) is 11.4 Å². The summed E-state index contributed by atoms with van der Waals surface area (Å²) < 4.78 is 27.1. The number of halogens is 2. The molecule has 0 aromatic carbocycles. The van der Waals surface area contributed by atoms with Crippen LogP contribution in [0.5, 0.6) is 0 Å². The Morgan fingerprint density at radius 2 is 2.06 bits per heavy atom. The predicted molar refractivity (Wildman–Crippen MR) is 63.5 cm³/mol. The number of anilines is 1. The van der Waals surface area contributed by atoms with Gasteiger partial charge in [-0.3, -0.25) is 4.68 Å². The lowest BCUT2D eigenvalue weighted by Crippen LogP contribution is -2.02. The van der Waals surface area contributed by atoms with Gasteiger partial charge in [-0.15, -0.1) is 0 Å². The number of rotatable bonds is 3. The number of hydrogen-bond donors (Lipinski definition) is 1. The Bertz CT molecular complexity index is 565. The average Bonchev–Trinajstić information content (AvgIpc) is 2.67. The Kier molecular flexibility index (Phi) is 3.22. The molecule has 0 aliphatic rings. The molecule has 0 saturated carbocycles. The van der Waals surface area contributed by atoms with Gasteiger partial charge >= 0.3 is 0 Å². The molecule has 2 aromatic heterocycles. The fourth-order valence-corrected chi connectivity index (χ4v) is 1.68. The second-order valence-corrected chi connectivity index (χ2v) is 3.85. The number of nitrogens with zero attached hydrogens (tertiary/aromatic N) is 4. The molecule has 2 rings (SSSR count). The van der Waals surface area contributed by atoms with Crippen LogP contribution in [0.2, 0.25) is 0 Å². The van der Waals surface area contributed by atoms with E-state index >= 15 is 0 Å². The van der Waals surface area contributed by atoms with Gasteiger partial charge in [-0.1, -0.05) is 0 Å². The van der Waals surface area contributed by atoms with Crippen molar-refractivity contribution in [3.63, 3.8) is 0 Å². The number of nitrogens with one attached hydrogen (secondary N) is 1. The van der Waals surface area contributed by atoms with Crippen LogP contribution < -0.4 is 5.32 Å². The smallest absolute Gasteiger partial charge is 0.280 e. The Labute approximate surface area is 103 Å². The molecule has 0 saturated heterocycles. The highest BCUT2D eigenvalue weighted by Crippen LogP contribution is 2.25. The summed E-state index contributed by atoms with van der Waals surface area (Å²) >= 11 is 0. The van der Waals surface area contributed by atoms with E-state index in [4.69, 9.17) is 0 Å². The number of aryl methyl sites for hydroxylation is 2. The summed E-state index contributed by atoms with van der Waals surface area (Å²) in [6.07, 6.45) is -0.886. The minimum atomic E-state index is -2.63. The van der Waals surface area contributed by atoms with Gasteiger partial charge in [0.2, 0.25) is 5.95 Å². The van der Waals surface area contributed by atoms with E-state index in [0.717, 1.165) is 11.3 Å². The van der Waals surface area contributed by atoms with E-state index in [1.807, 2.05) is 0 Å². The van der Waals surface area contributed by atoms with Crippen LogP contribution in [0.1, 0.15) is 17.8 Å². The molecule has 1 N–H and O–H groups in total. The maximum absolute atomic E-state index is 12.7. The van der Waals surface area contributed by atoms with Crippen molar-refractivity contribution in [2.24, 2.45) is 7.05 Å². The molecule has 7 heteroatoms. The standard InChI is InChI=1S/C11H13F2N5/c1-6-7(5-18(3)17-6)8-4-9(10(12)13)16-11(14-2)15-8/h4-5,10H,1-3H3,(H,14,15,16). The average molecular weight is 253 g/mol. The van der Waals surface area contributed by atoms with Crippen LogP contribution >= 0.6 is 0 Å². The minimum Gasteiger partial charge on any atom is -0.357 e. The van der Waals surface area contributed by atoms with Crippen molar-refractivity contribution >= 4 is 5.95 Å². The first-order valence-electron chi connectivity index (χ1n) is 5.36. The number of alkyl halides is 2. The van der Waals surface area contributed by atoms with E-state index in [1.165, 1.54) is 6.07 Å². The van der Waals surface area contributed by atoms with Crippen LogP contribution in [0.25, 0.3) is 11.3 Å². The van der Waals surface area contributed by atoms with Gasteiger partial charge in [-0.2, -0.15) is 5.10 Å². The molecule has 96 valence electrons. The fraction of sp³-hybridized carbons (Fsp3) is 0.364. The lowest BCUT2D eigenvalue weighted by Gasteiger charge is -2.06. The van der Waals surface area contributed by atoms with Crippen LogP contribution in [0.15, 0.2) is 12.3 Å². The van der Waals surface area contributed by atoms with E-state index in [2.05, 4.69) is 20.4 Å². The van der Waals surface area contributed by atoms with Crippen LogP contribution in [0.4, 0.5) is 14.7 Å². The molecule has 18 heavy (non-hydrogen) atoms. The highest BCUT2D eigenvalue weighted by molar-refractivity contribution is 5.62. The normalized spacial score (nSPS) is 11.0. The summed E-state index contributed by atoms with van der Waals surface area (Å²) in [5, 5.41) is 6.84. The summed E-state index contributed by atoms with van der Waals surface area (Å²) in [5.41, 5.74) is 1.60. The third-order valence-electron chi connectivity index (χ3n) is 2.48. The highest BCUT2D eigenvalue weighted by atomic mass is 19.3. The zero-order valence-electron chi connectivity index (χ0n) is 10.3. The molecular weight excluding hydrogens is 240 g/mol. The Hall–Kier alpha value is -2.05. The van der Waals surface area contributed by atoms with Gasteiger partial charge in [0.15, 0.2) is 0 Å². The summed E-state index contributed by atoms with van der Waals surface area (Å²) in [6.45, 7) is 1.80. The van der Waals surface area contributed by atoms with Crippen molar-refractivity contribution in [2.45, 2.75) is 13.3 Å². The second-order valence-electron chi connectivity index (χ2n) is 3.85. The predicted octanol–water partition coefficient (Wildman–Crippen LogP) is 2.16. The van der Waals surface area contributed by atoms with Crippen LogP contribution in [-0.4, -0.2) is 26.8 Å². The molecule has 0 aliphatic carbocycles. The van der Waals surface area contributed by atoms with Crippen molar-refractivity contribution < 1.29 is 8.78 Å². The van der Waals surface area contributed by atoms with Gasteiger partial charge in [-0.25, -0.2) is 18.7 Å². The van der Waals surface area contributed by atoms with Gasteiger partial charge < -0.3 is 5.32 Å². The van der Waals surface area contributed by atoms with Gasteiger partial charge in [-0.05, 0) is 13.0 Å². The first-order valence-corrected chi connectivity index (χ1v) is 5.36. The summed E-state index contributed by atoms with van der Waals surface area (Å²) in [7, 11) is 3.36. The van der Waals surface area contributed by atoms with Crippen molar-refractivity contribution in [3.05, 3.63) is 23.7 Å². The zero-order chi connectivity index (χ0) is 13.3. The number of aromatic nitrogens is 4. The van der Waals surface area contributed by atoms with Crippen molar-refractivity contribution in [1.82, 2.24) is 19.7 Å². The summed E-state index contributed by atoms with van der Waals surface area (Å²) in [6, 6.07) is 1.29. The van der Waals surface area contributed by atoms with Crippen LogP contribution in [0, 0.1) is 6.92 Å². The molecule has 0 unspecified atom stereocenters. The Morgan fingerprint density at radius 3 is 2.56 bits per heavy atom. The molecule has 0 spiro atoms. The maximum atomic E-state index is 12.7. The SMILES string of the molecule is CNc1nc(-c2cn(C)nc2C)cc(C(F)F)n1. The third kappa shape index (κ3) is 2.29. The lowest BCUT2D eigenvalue weighted by atomic mass is 10.1. The molecule has 0 aliphatic heterocycles. The molecule has 5 nitrogen and oxygen atoms in total. The van der Waals surface area contributed by atoms with Gasteiger partial charge in [0.1, 0.15) is 5.69 Å². The number of hydrogen-bond acceptors (Lipinski definition) is 4. The lowest BCUT2D eigenvalue weighted by molar-refractivity contribution is 0.146. The molecular formula is C11H13F2N5. The summed E-state index contributed by atoms with van der Waals surface area (Å²) in [5.74, 6) is 0.172. The molecule has 0 amide bonds. The summed E-state index contributed by atoms with van der Waals surface area (Å²) in [4.78, 5) is 7.88. The first-order chi connectivity index (χ1) is 8.51. The topological polar surface area (TPSA) is 55.6 Å². The zero-order valence-corrected chi connectivity index (χ0v) is 10.3. The molecule has 0 fully saturated rings. The molecule has 0 atom stereocenters. The van der Waals surface area contributed by atoms with Crippen LogP contribution in [-0.2, 0) is 7.05 Å². The monoisotopic (exact) mass is 253 g/mol. The molecule has 0 bridgehead atoms. The van der Waals surface area contributed by atoms with Crippen molar-refractivity contribution in [3.8, 4) is 11.3 Å². The third-order valence-corrected chi connectivity index (χ3v) is 2.48. The van der Waals surface area contributed by atoms with E-state index in [1.54, 1.807) is 31.9 Å². The highest BCUT2D eigenvalue weighted by Gasteiger charge is 2.15. The molecule has 0 radical (unpaired) electrons. The van der Waals surface area contributed by atoms with Crippen LogP contribution in [0.3, 0.4) is 0 Å². The van der Waals surface area contributed by atoms with Gasteiger partial charge in [0.25, 0.3) is 6.43 Å². The fourth-order valence-electron chi connectivity index (χ4n) is 1.68. The van der Waals surface area contributed by atoms with E-state index in [-0.39, 0.29) is 11.6 Å². The second kappa shape index (κ2) is 4.67. The molecule has 2 aromatic rings. The maximum Gasteiger partial charge on any atom is 0.280 e. The Balaban J connectivity index is 2.56. The Morgan fingerprint density at radius 1 is 1.33 bits per heavy atom. The first kappa shape index (κ1) is 12.4. The largest absolute Gasteiger partial charge is 0.357 e.